The molecule has 0 bridgehead atoms. The summed E-state index contributed by atoms with van der Waals surface area (Å²) >= 11 is 5.55. The Balaban J connectivity index is 1.85. The van der Waals surface area contributed by atoms with Crippen LogP contribution in [0.4, 0.5) is 0 Å². The molecule has 0 saturated heterocycles. The molecule has 1 aliphatic heterocycles. The number of aliphatic hydroxyl groups excluding tert-OH is 1. The van der Waals surface area contributed by atoms with Crippen LogP contribution in [-0.4, -0.2) is 30.3 Å². The maximum absolute atomic E-state index is 8.76. The van der Waals surface area contributed by atoms with Crippen LogP contribution in [0.15, 0.2) is 34.6 Å². The molecule has 0 radical (unpaired) electrons. The fraction of sp³-hybridized carbons (Fsp3) is 0.385. The van der Waals surface area contributed by atoms with Gasteiger partial charge in [-0.15, -0.1) is 23.5 Å². The second-order valence-corrected chi connectivity index (χ2v) is 7.33. The first-order valence-electron chi connectivity index (χ1n) is 5.67. The molecule has 2 rings (SSSR count). The van der Waals surface area contributed by atoms with E-state index >= 15 is 0 Å². The standard InChI is InChI=1S/C13H16O2S3/c1-15-11-4-2-10(3-5-11)13-17-9-12(18-13)8-16-7-6-14/h2-5,9,13-14H,6-8H2,1H3. The molecule has 0 saturated carbocycles. The minimum atomic E-state index is 0.262. The maximum Gasteiger partial charge on any atom is 0.118 e. The first-order valence-corrected chi connectivity index (χ1v) is 8.65. The van der Waals surface area contributed by atoms with Crippen LogP contribution in [0, 0.1) is 0 Å². The number of benzene rings is 1. The lowest BCUT2D eigenvalue weighted by atomic mass is 10.2. The molecule has 1 N–H and O–H groups in total. The van der Waals surface area contributed by atoms with Crippen molar-refractivity contribution in [2.75, 3.05) is 25.2 Å². The first-order chi connectivity index (χ1) is 8.83. The van der Waals surface area contributed by atoms with E-state index in [-0.39, 0.29) is 6.61 Å². The topological polar surface area (TPSA) is 29.5 Å². The second kappa shape index (κ2) is 7.38. The fourth-order valence-corrected chi connectivity index (χ4v) is 5.12. The summed E-state index contributed by atoms with van der Waals surface area (Å²) < 4.78 is 5.62. The van der Waals surface area contributed by atoms with Crippen molar-refractivity contribution in [2.24, 2.45) is 0 Å². The Labute approximate surface area is 121 Å². The largest absolute Gasteiger partial charge is 0.497 e. The summed E-state index contributed by atoms with van der Waals surface area (Å²) in [4.78, 5) is 1.40. The average Bonchev–Trinajstić information content (AvgIpc) is 2.88. The summed E-state index contributed by atoms with van der Waals surface area (Å²) in [5.74, 6) is 2.72. The van der Waals surface area contributed by atoms with E-state index in [1.54, 1.807) is 18.9 Å². The number of aliphatic hydroxyl groups is 1. The van der Waals surface area contributed by atoms with Crippen LogP contribution in [0.3, 0.4) is 0 Å². The quantitative estimate of drug-likeness (QED) is 0.808. The molecule has 1 unspecified atom stereocenters. The summed E-state index contributed by atoms with van der Waals surface area (Å²) in [7, 11) is 1.69. The molecule has 1 atom stereocenters. The van der Waals surface area contributed by atoms with E-state index in [1.807, 2.05) is 35.7 Å². The van der Waals surface area contributed by atoms with Crippen molar-refractivity contribution >= 4 is 35.3 Å². The molecule has 2 nitrogen and oxygen atoms in total. The predicted molar refractivity (Wildman–Crippen MR) is 83.4 cm³/mol. The van der Waals surface area contributed by atoms with E-state index in [1.165, 1.54) is 10.5 Å². The van der Waals surface area contributed by atoms with Gasteiger partial charge in [-0.2, -0.15) is 11.8 Å². The van der Waals surface area contributed by atoms with Gasteiger partial charge in [0.15, 0.2) is 0 Å². The molecule has 98 valence electrons. The molecule has 1 aromatic carbocycles. The van der Waals surface area contributed by atoms with Crippen molar-refractivity contribution in [2.45, 2.75) is 4.58 Å². The summed E-state index contributed by atoms with van der Waals surface area (Å²) in [5, 5.41) is 11.0. The molecule has 0 fully saturated rings. The fourth-order valence-electron chi connectivity index (χ4n) is 1.54. The van der Waals surface area contributed by atoms with Gasteiger partial charge in [-0.3, -0.25) is 0 Å². The van der Waals surface area contributed by atoms with Crippen molar-refractivity contribution in [1.82, 2.24) is 0 Å². The monoisotopic (exact) mass is 300 g/mol. The van der Waals surface area contributed by atoms with Crippen molar-refractivity contribution in [3.05, 3.63) is 40.1 Å². The highest BCUT2D eigenvalue weighted by atomic mass is 32.2. The van der Waals surface area contributed by atoms with Gasteiger partial charge in [0, 0.05) is 16.4 Å². The van der Waals surface area contributed by atoms with Gasteiger partial charge >= 0.3 is 0 Å². The highest BCUT2D eigenvalue weighted by Gasteiger charge is 2.20. The number of hydrogen-bond acceptors (Lipinski definition) is 5. The van der Waals surface area contributed by atoms with Crippen molar-refractivity contribution in [3.63, 3.8) is 0 Å². The minimum Gasteiger partial charge on any atom is -0.497 e. The van der Waals surface area contributed by atoms with Gasteiger partial charge < -0.3 is 9.84 Å². The van der Waals surface area contributed by atoms with Crippen LogP contribution in [0.5, 0.6) is 5.75 Å². The van der Waals surface area contributed by atoms with Gasteiger partial charge in [0.2, 0.25) is 0 Å². The van der Waals surface area contributed by atoms with Gasteiger partial charge in [-0.05, 0) is 23.1 Å². The van der Waals surface area contributed by atoms with E-state index in [9.17, 15) is 0 Å². The highest BCUT2D eigenvalue weighted by molar-refractivity contribution is 8.22. The van der Waals surface area contributed by atoms with Crippen LogP contribution >= 0.6 is 35.3 Å². The van der Waals surface area contributed by atoms with E-state index in [4.69, 9.17) is 9.84 Å². The van der Waals surface area contributed by atoms with Gasteiger partial charge in [-0.25, -0.2) is 0 Å². The molecule has 1 aliphatic rings. The number of ether oxygens (including phenoxy) is 1. The number of hydrogen-bond donors (Lipinski definition) is 1. The number of rotatable bonds is 6. The maximum atomic E-state index is 8.76. The molecule has 18 heavy (non-hydrogen) atoms. The smallest absolute Gasteiger partial charge is 0.118 e. The normalized spacial score (nSPS) is 18.8. The van der Waals surface area contributed by atoms with Gasteiger partial charge in [-0.1, -0.05) is 12.1 Å². The lowest BCUT2D eigenvalue weighted by Gasteiger charge is -2.10. The Hall–Kier alpha value is -0.230. The zero-order chi connectivity index (χ0) is 12.8. The molecule has 5 heteroatoms. The molecule has 0 aromatic heterocycles. The van der Waals surface area contributed by atoms with E-state index in [0.29, 0.717) is 4.58 Å². The Bertz CT molecular complexity index is 403. The number of methoxy groups -OCH3 is 1. The zero-order valence-electron chi connectivity index (χ0n) is 10.2. The summed E-state index contributed by atoms with van der Waals surface area (Å²) in [6.07, 6.45) is 0. The molecule has 1 aromatic rings. The molecular weight excluding hydrogens is 284 g/mol. The zero-order valence-corrected chi connectivity index (χ0v) is 12.6. The molecular formula is C13H16O2S3. The van der Waals surface area contributed by atoms with Crippen LogP contribution in [0.1, 0.15) is 10.1 Å². The lowest BCUT2D eigenvalue weighted by Crippen LogP contribution is -1.90. The van der Waals surface area contributed by atoms with Crippen molar-refractivity contribution in [3.8, 4) is 5.75 Å². The van der Waals surface area contributed by atoms with Crippen LogP contribution < -0.4 is 4.74 Å². The molecule has 0 amide bonds. The second-order valence-electron chi connectivity index (χ2n) is 3.72. The SMILES string of the molecule is COc1ccc(C2SC=C(CSCCO)S2)cc1. The van der Waals surface area contributed by atoms with Gasteiger partial charge in [0.1, 0.15) is 5.75 Å². The molecule has 1 heterocycles. The van der Waals surface area contributed by atoms with Crippen LogP contribution in [0.2, 0.25) is 0 Å². The summed E-state index contributed by atoms with van der Waals surface area (Å²) in [6.45, 7) is 0.262. The number of thioether (sulfide) groups is 3. The minimum absolute atomic E-state index is 0.262. The van der Waals surface area contributed by atoms with Crippen molar-refractivity contribution in [1.29, 1.82) is 0 Å². The molecule has 0 aliphatic carbocycles. The third-order valence-electron chi connectivity index (χ3n) is 2.45. The van der Waals surface area contributed by atoms with Crippen LogP contribution in [0.25, 0.3) is 0 Å². The third kappa shape index (κ3) is 3.88. The van der Waals surface area contributed by atoms with Gasteiger partial charge in [0.25, 0.3) is 0 Å². The predicted octanol–water partition coefficient (Wildman–Crippen LogP) is 3.74. The Morgan fingerprint density at radius 2 is 2.11 bits per heavy atom. The lowest BCUT2D eigenvalue weighted by molar-refractivity contribution is 0.322. The Kier molecular flexibility index (Phi) is 5.82. The van der Waals surface area contributed by atoms with E-state index in [2.05, 4.69) is 17.5 Å². The average molecular weight is 300 g/mol. The van der Waals surface area contributed by atoms with E-state index < -0.39 is 0 Å². The third-order valence-corrected chi connectivity index (χ3v) is 6.38. The Morgan fingerprint density at radius 1 is 1.33 bits per heavy atom. The Morgan fingerprint density at radius 3 is 2.78 bits per heavy atom. The summed E-state index contributed by atoms with van der Waals surface area (Å²) in [5.41, 5.74) is 1.32. The summed E-state index contributed by atoms with van der Waals surface area (Å²) in [6, 6.07) is 8.27. The van der Waals surface area contributed by atoms with Gasteiger partial charge in [0.05, 0.1) is 18.3 Å². The molecule has 0 spiro atoms. The van der Waals surface area contributed by atoms with E-state index in [0.717, 1.165) is 17.3 Å². The highest BCUT2D eigenvalue weighted by Crippen LogP contribution is 2.51. The first kappa shape index (κ1) is 14.2. The van der Waals surface area contributed by atoms with Crippen LogP contribution in [-0.2, 0) is 0 Å². The van der Waals surface area contributed by atoms with Crippen molar-refractivity contribution < 1.29 is 9.84 Å².